The van der Waals surface area contributed by atoms with Gasteiger partial charge in [0.15, 0.2) is 0 Å². The molecular weight excluding hydrogens is 402 g/mol. The van der Waals surface area contributed by atoms with E-state index in [0.717, 1.165) is 12.8 Å². The lowest BCUT2D eigenvalue weighted by molar-refractivity contribution is -0.149. The van der Waals surface area contributed by atoms with Crippen LogP contribution >= 0.6 is 0 Å². The maximum Gasteiger partial charge on any atom is 0.306 e. The summed E-state index contributed by atoms with van der Waals surface area (Å²) in [5.41, 5.74) is 8.54. The third-order valence-corrected chi connectivity index (χ3v) is 4.98. The standard InChI is InChI=1S/C26H39N3O3/c1-4-7-9-11-12-13-14-16-18-20-26(30)32-25(19-17-15-10-8-5-2)21-22-31-23-24(6-3)28-29-27/h2,24-25H,4,6-7,9,11-14,16,18-23H2,1,3H3/t24-,25+/m0/s1. The molecule has 6 heteroatoms. The summed E-state index contributed by atoms with van der Waals surface area (Å²) in [4.78, 5) is 15.1. The fourth-order valence-corrected chi connectivity index (χ4v) is 3.04. The fraction of sp³-hybridized carbons (Fsp3) is 0.731. The van der Waals surface area contributed by atoms with E-state index in [-0.39, 0.29) is 18.1 Å². The summed E-state index contributed by atoms with van der Waals surface area (Å²) in [7, 11) is 0. The van der Waals surface area contributed by atoms with E-state index in [2.05, 4.69) is 46.6 Å². The zero-order chi connectivity index (χ0) is 23.7. The molecule has 32 heavy (non-hydrogen) atoms. The monoisotopic (exact) mass is 441 g/mol. The normalized spacial score (nSPS) is 11.5. The Balaban J connectivity index is 4.28. The van der Waals surface area contributed by atoms with Crippen LogP contribution in [0.5, 0.6) is 0 Å². The van der Waals surface area contributed by atoms with Crippen molar-refractivity contribution >= 4 is 5.97 Å². The smallest absolute Gasteiger partial charge is 0.306 e. The number of nitrogens with zero attached hydrogens (tertiary/aromatic N) is 3. The molecule has 0 saturated heterocycles. The predicted octanol–water partition coefficient (Wildman–Crippen LogP) is 6.34. The number of terminal acetylenes is 1. The second-order valence-electron chi connectivity index (χ2n) is 7.72. The van der Waals surface area contributed by atoms with Crippen LogP contribution in [0, 0.1) is 36.0 Å². The highest BCUT2D eigenvalue weighted by Crippen LogP contribution is 2.12. The third-order valence-electron chi connectivity index (χ3n) is 4.98. The maximum absolute atomic E-state index is 12.2. The number of rotatable bonds is 19. The first-order valence-electron chi connectivity index (χ1n) is 11.9. The van der Waals surface area contributed by atoms with Gasteiger partial charge in [-0.15, -0.1) is 6.42 Å². The molecule has 0 heterocycles. The Kier molecular flexibility index (Phi) is 21.2. The van der Waals surface area contributed by atoms with Gasteiger partial charge in [-0.3, -0.25) is 4.79 Å². The van der Waals surface area contributed by atoms with E-state index >= 15 is 0 Å². The lowest BCUT2D eigenvalue weighted by atomic mass is 10.1. The minimum atomic E-state index is -0.360. The van der Waals surface area contributed by atoms with Crippen LogP contribution in [-0.4, -0.2) is 31.3 Å². The number of ether oxygens (including phenoxy) is 2. The van der Waals surface area contributed by atoms with Gasteiger partial charge >= 0.3 is 5.97 Å². The Morgan fingerprint density at radius 1 is 1.03 bits per heavy atom. The average Bonchev–Trinajstić information content (AvgIpc) is 2.79. The van der Waals surface area contributed by atoms with Gasteiger partial charge in [0.2, 0.25) is 0 Å². The Bertz CT molecular complexity index is 700. The van der Waals surface area contributed by atoms with Crippen molar-refractivity contribution in [3.05, 3.63) is 10.4 Å². The minimum Gasteiger partial charge on any atom is -0.461 e. The van der Waals surface area contributed by atoms with Crippen LogP contribution in [0.3, 0.4) is 0 Å². The molecule has 0 N–H and O–H groups in total. The van der Waals surface area contributed by atoms with E-state index in [0.29, 0.717) is 38.9 Å². The molecule has 0 aliphatic heterocycles. The van der Waals surface area contributed by atoms with Crippen LogP contribution in [0.15, 0.2) is 5.11 Å². The molecule has 0 bridgehead atoms. The van der Waals surface area contributed by atoms with Crippen LogP contribution < -0.4 is 0 Å². The van der Waals surface area contributed by atoms with Crippen molar-refractivity contribution in [3.63, 3.8) is 0 Å². The molecule has 0 saturated carbocycles. The second kappa shape index (κ2) is 23.1. The Morgan fingerprint density at radius 2 is 1.72 bits per heavy atom. The Morgan fingerprint density at radius 3 is 2.34 bits per heavy atom. The molecular formula is C26H39N3O3. The maximum atomic E-state index is 12.2. The van der Waals surface area contributed by atoms with E-state index in [9.17, 15) is 4.79 Å². The largest absolute Gasteiger partial charge is 0.461 e. The first-order valence-corrected chi connectivity index (χ1v) is 11.9. The number of carbonyl (C=O) groups is 1. The van der Waals surface area contributed by atoms with Crippen LogP contribution in [0.25, 0.3) is 10.4 Å². The van der Waals surface area contributed by atoms with Crippen LogP contribution in [-0.2, 0) is 14.3 Å². The van der Waals surface area contributed by atoms with Crippen molar-refractivity contribution in [1.29, 1.82) is 0 Å². The van der Waals surface area contributed by atoms with E-state index in [1.165, 1.54) is 44.9 Å². The molecule has 0 aromatic heterocycles. The summed E-state index contributed by atoms with van der Waals surface area (Å²) in [5.74, 6) is 12.6. The zero-order valence-electron chi connectivity index (χ0n) is 19.9. The summed E-state index contributed by atoms with van der Waals surface area (Å²) in [6.45, 7) is 4.90. The molecule has 0 spiro atoms. The molecule has 0 unspecified atom stereocenters. The number of azide groups is 1. The second-order valence-corrected chi connectivity index (χ2v) is 7.72. The van der Waals surface area contributed by atoms with E-state index in [1.54, 1.807) is 0 Å². The number of unbranched alkanes of at least 4 members (excludes halogenated alkanes) is 8. The van der Waals surface area contributed by atoms with Gasteiger partial charge in [0.25, 0.3) is 0 Å². The average molecular weight is 442 g/mol. The van der Waals surface area contributed by atoms with E-state index < -0.39 is 0 Å². The summed E-state index contributed by atoms with van der Waals surface area (Å²) >= 11 is 0. The van der Waals surface area contributed by atoms with Crippen molar-refractivity contribution in [2.45, 2.75) is 109 Å². The molecule has 176 valence electrons. The highest BCUT2D eigenvalue weighted by Gasteiger charge is 2.14. The molecule has 0 fully saturated rings. The molecule has 6 nitrogen and oxygen atoms in total. The van der Waals surface area contributed by atoms with Crippen molar-refractivity contribution in [1.82, 2.24) is 0 Å². The van der Waals surface area contributed by atoms with Gasteiger partial charge in [-0.25, -0.2) is 0 Å². The topological polar surface area (TPSA) is 84.3 Å². The first-order chi connectivity index (χ1) is 15.7. The third kappa shape index (κ3) is 19.4. The van der Waals surface area contributed by atoms with Gasteiger partial charge in [-0.1, -0.05) is 76.2 Å². The predicted molar refractivity (Wildman–Crippen MR) is 129 cm³/mol. The van der Waals surface area contributed by atoms with Gasteiger partial charge in [-0.2, -0.15) is 0 Å². The van der Waals surface area contributed by atoms with E-state index in [4.69, 9.17) is 21.4 Å². The fourth-order valence-electron chi connectivity index (χ4n) is 3.04. The molecule has 0 aromatic carbocycles. The highest BCUT2D eigenvalue weighted by molar-refractivity contribution is 5.69. The Labute approximate surface area is 194 Å². The molecule has 0 aliphatic carbocycles. The number of hydrogen-bond acceptors (Lipinski definition) is 4. The lowest BCUT2D eigenvalue weighted by Crippen LogP contribution is -2.21. The molecule has 0 rings (SSSR count). The van der Waals surface area contributed by atoms with Crippen molar-refractivity contribution < 1.29 is 14.3 Å². The van der Waals surface area contributed by atoms with Crippen LogP contribution in [0.2, 0.25) is 0 Å². The molecule has 0 aliphatic rings. The molecule has 0 aromatic rings. The summed E-state index contributed by atoms with van der Waals surface area (Å²) in [6.07, 6.45) is 17.6. The van der Waals surface area contributed by atoms with Gasteiger partial charge < -0.3 is 9.47 Å². The number of esters is 1. The van der Waals surface area contributed by atoms with Crippen molar-refractivity contribution in [2.75, 3.05) is 13.2 Å². The van der Waals surface area contributed by atoms with Gasteiger partial charge in [-0.05, 0) is 42.1 Å². The molecule has 0 radical (unpaired) electrons. The van der Waals surface area contributed by atoms with E-state index in [1.807, 2.05) is 6.92 Å². The summed E-state index contributed by atoms with van der Waals surface area (Å²) < 4.78 is 11.2. The first kappa shape index (κ1) is 29.4. The van der Waals surface area contributed by atoms with Gasteiger partial charge in [0.05, 0.1) is 19.3 Å². The Hall–Kier alpha value is -2.58. The summed E-state index contributed by atoms with van der Waals surface area (Å²) in [5, 5.41) is 3.68. The minimum absolute atomic E-state index is 0.188. The molecule has 2 atom stereocenters. The quantitative estimate of drug-likeness (QED) is 0.0585. The van der Waals surface area contributed by atoms with Crippen molar-refractivity contribution in [3.8, 4) is 36.0 Å². The number of hydrogen-bond donors (Lipinski definition) is 0. The SMILES string of the molecule is C#CC#CC#CC[C@H](CCOC[C@H](CC)N=[N+]=[N-])OC(=O)CCCCCCCCCCC. The van der Waals surface area contributed by atoms with Crippen molar-refractivity contribution in [2.24, 2.45) is 5.11 Å². The van der Waals surface area contributed by atoms with Gasteiger partial charge in [0, 0.05) is 24.2 Å². The highest BCUT2D eigenvalue weighted by atomic mass is 16.5. The van der Waals surface area contributed by atoms with Gasteiger partial charge in [0.1, 0.15) is 6.10 Å². The van der Waals surface area contributed by atoms with Crippen LogP contribution in [0.4, 0.5) is 0 Å². The molecule has 0 amide bonds. The lowest BCUT2D eigenvalue weighted by Gasteiger charge is -2.16. The number of carbonyl (C=O) groups excluding carboxylic acids is 1. The zero-order valence-corrected chi connectivity index (χ0v) is 19.9. The van der Waals surface area contributed by atoms with Crippen LogP contribution in [0.1, 0.15) is 97.3 Å². The summed E-state index contributed by atoms with van der Waals surface area (Å²) in [6, 6.07) is -0.188.